The van der Waals surface area contributed by atoms with Gasteiger partial charge in [-0.15, -0.1) is 0 Å². The molecule has 19 heavy (non-hydrogen) atoms. The molecule has 0 saturated carbocycles. The highest BCUT2D eigenvalue weighted by molar-refractivity contribution is 5.77. The molecule has 0 aliphatic heterocycles. The van der Waals surface area contributed by atoms with Gasteiger partial charge in [0.1, 0.15) is 5.82 Å². The Morgan fingerprint density at radius 2 is 2.05 bits per heavy atom. The van der Waals surface area contributed by atoms with Crippen molar-refractivity contribution < 1.29 is 0 Å². The van der Waals surface area contributed by atoms with E-state index in [9.17, 15) is 0 Å². The van der Waals surface area contributed by atoms with Crippen molar-refractivity contribution in [1.29, 1.82) is 0 Å². The summed E-state index contributed by atoms with van der Waals surface area (Å²) in [5.74, 6) is 0.748. The van der Waals surface area contributed by atoms with Crippen molar-refractivity contribution in [2.24, 2.45) is 5.10 Å². The molecule has 0 bridgehead atoms. The van der Waals surface area contributed by atoms with Crippen molar-refractivity contribution >= 4 is 24.2 Å². The second kappa shape index (κ2) is 5.44. The molecule has 2 aromatic rings. The number of hydrogen-bond acceptors (Lipinski definition) is 4. The molecule has 0 fully saturated rings. The molecule has 94 valence electrons. The SMILES string of the molecule is C1=c2ccc(N/N=C/c3ccccn3)nc2=CCC1. The highest BCUT2D eigenvalue weighted by Gasteiger charge is 1.96. The van der Waals surface area contributed by atoms with E-state index >= 15 is 0 Å². The summed E-state index contributed by atoms with van der Waals surface area (Å²) in [6.45, 7) is 0. The monoisotopic (exact) mass is 250 g/mol. The zero-order chi connectivity index (χ0) is 12.9. The van der Waals surface area contributed by atoms with Gasteiger partial charge in [-0.2, -0.15) is 5.10 Å². The lowest BCUT2D eigenvalue weighted by atomic mass is 10.1. The Hall–Kier alpha value is -2.49. The largest absolute Gasteiger partial charge is 0.261 e. The third-order valence-electron chi connectivity index (χ3n) is 2.89. The van der Waals surface area contributed by atoms with Gasteiger partial charge in [0.05, 0.1) is 17.3 Å². The summed E-state index contributed by atoms with van der Waals surface area (Å²) in [5, 5.41) is 6.37. The van der Waals surface area contributed by atoms with Crippen molar-refractivity contribution in [2.45, 2.75) is 12.8 Å². The van der Waals surface area contributed by atoms with E-state index in [2.05, 4.69) is 38.7 Å². The number of nitrogens with zero attached hydrogens (tertiary/aromatic N) is 3. The van der Waals surface area contributed by atoms with Crippen LogP contribution in [0.1, 0.15) is 18.5 Å². The molecule has 1 aliphatic rings. The van der Waals surface area contributed by atoms with E-state index in [4.69, 9.17) is 0 Å². The molecule has 2 heterocycles. The minimum Gasteiger partial charge on any atom is -0.261 e. The van der Waals surface area contributed by atoms with Crippen LogP contribution >= 0.6 is 0 Å². The lowest BCUT2D eigenvalue weighted by molar-refractivity contribution is 1.07. The molecule has 1 N–H and O–H groups in total. The zero-order valence-electron chi connectivity index (χ0n) is 10.5. The number of fused-ring (bicyclic) bond motifs is 1. The molecule has 0 aromatic carbocycles. The molecule has 3 rings (SSSR count). The van der Waals surface area contributed by atoms with Gasteiger partial charge in [-0.25, -0.2) is 4.98 Å². The van der Waals surface area contributed by atoms with E-state index in [-0.39, 0.29) is 0 Å². The van der Waals surface area contributed by atoms with Gasteiger partial charge in [0, 0.05) is 6.20 Å². The summed E-state index contributed by atoms with van der Waals surface area (Å²) >= 11 is 0. The normalized spacial score (nSPS) is 13.5. The summed E-state index contributed by atoms with van der Waals surface area (Å²) in [7, 11) is 0. The number of anilines is 1. The van der Waals surface area contributed by atoms with E-state index in [1.807, 2.05) is 24.3 Å². The predicted molar refractivity (Wildman–Crippen MR) is 77.1 cm³/mol. The lowest BCUT2D eigenvalue weighted by Gasteiger charge is -2.02. The summed E-state index contributed by atoms with van der Waals surface area (Å²) in [5.41, 5.74) is 3.74. The van der Waals surface area contributed by atoms with Crippen molar-refractivity contribution in [2.75, 3.05) is 5.43 Å². The van der Waals surface area contributed by atoms with Gasteiger partial charge in [-0.05, 0) is 42.3 Å². The third kappa shape index (κ3) is 2.85. The van der Waals surface area contributed by atoms with Gasteiger partial charge in [0.25, 0.3) is 0 Å². The fraction of sp³-hybridized carbons (Fsp3) is 0.133. The van der Waals surface area contributed by atoms with Crippen LogP contribution in [-0.4, -0.2) is 16.2 Å². The van der Waals surface area contributed by atoms with Crippen LogP contribution in [0.3, 0.4) is 0 Å². The first-order chi connectivity index (χ1) is 9.42. The number of rotatable bonds is 3. The fourth-order valence-electron chi connectivity index (χ4n) is 1.96. The van der Waals surface area contributed by atoms with E-state index < -0.39 is 0 Å². The van der Waals surface area contributed by atoms with Crippen LogP contribution in [0.25, 0.3) is 12.2 Å². The van der Waals surface area contributed by atoms with Gasteiger partial charge in [0.15, 0.2) is 0 Å². The van der Waals surface area contributed by atoms with Gasteiger partial charge >= 0.3 is 0 Å². The molecule has 0 unspecified atom stereocenters. The summed E-state index contributed by atoms with van der Waals surface area (Å²) < 4.78 is 0. The Labute approximate surface area is 111 Å². The Balaban J connectivity index is 1.76. The smallest absolute Gasteiger partial charge is 0.146 e. The second-order valence-corrected chi connectivity index (χ2v) is 4.28. The average molecular weight is 250 g/mol. The van der Waals surface area contributed by atoms with Crippen LogP contribution in [0.5, 0.6) is 0 Å². The van der Waals surface area contributed by atoms with E-state index in [0.29, 0.717) is 0 Å². The van der Waals surface area contributed by atoms with Crippen LogP contribution in [0, 0.1) is 0 Å². The molecule has 0 amide bonds. The van der Waals surface area contributed by atoms with E-state index in [1.54, 1.807) is 12.4 Å². The zero-order valence-corrected chi connectivity index (χ0v) is 10.5. The fourth-order valence-corrected chi connectivity index (χ4v) is 1.96. The molecule has 4 heteroatoms. The highest BCUT2D eigenvalue weighted by atomic mass is 15.3. The van der Waals surface area contributed by atoms with Gasteiger partial charge in [-0.1, -0.05) is 18.2 Å². The molecule has 0 spiro atoms. The molecular formula is C15H14N4. The number of hydrazone groups is 1. The van der Waals surface area contributed by atoms with Crippen LogP contribution in [-0.2, 0) is 0 Å². The molecule has 0 atom stereocenters. The predicted octanol–water partition coefficient (Wildman–Crippen LogP) is 1.28. The topological polar surface area (TPSA) is 50.2 Å². The Kier molecular flexibility index (Phi) is 3.32. The van der Waals surface area contributed by atoms with Crippen molar-refractivity contribution in [1.82, 2.24) is 9.97 Å². The highest BCUT2D eigenvalue weighted by Crippen LogP contribution is 1.99. The van der Waals surface area contributed by atoms with Gasteiger partial charge in [-0.3, -0.25) is 10.4 Å². The molecule has 4 nitrogen and oxygen atoms in total. The lowest BCUT2D eigenvalue weighted by Crippen LogP contribution is -2.30. The average Bonchev–Trinajstić information content (AvgIpc) is 2.48. The first kappa shape index (κ1) is 11.6. The molecule has 2 aromatic heterocycles. The van der Waals surface area contributed by atoms with Crippen molar-refractivity contribution in [3.05, 3.63) is 52.8 Å². The molecular weight excluding hydrogens is 236 g/mol. The summed E-state index contributed by atoms with van der Waals surface area (Å²) in [4.78, 5) is 8.67. The first-order valence-corrected chi connectivity index (χ1v) is 6.29. The molecule has 1 aliphatic carbocycles. The van der Waals surface area contributed by atoms with Gasteiger partial charge < -0.3 is 0 Å². The minimum absolute atomic E-state index is 0.748. The molecule has 0 radical (unpaired) electrons. The van der Waals surface area contributed by atoms with E-state index in [1.165, 1.54) is 5.22 Å². The van der Waals surface area contributed by atoms with Crippen molar-refractivity contribution in [3.63, 3.8) is 0 Å². The van der Waals surface area contributed by atoms with Crippen LogP contribution in [0.15, 0.2) is 41.6 Å². The number of aromatic nitrogens is 2. The number of pyridine rings is 2. The number of hydrogen-bond donors (Lipinski definition) is 1. The Morgan fingerprint density at radius 3 is 2.95 bits per heavy atom. The standard InChI is InChI=1S/C15H14N4/c1-2-7-14-12(5-1)8-9-15(18-14)19-17-11-13-6-3-4-10-16-13/h3-11H,1-2H2,(H,18,19)/b17-11+. The summed E-state index contributed by atoms with van der Waals surface area (Å²) in [6.07, 6.45) is 9.94. The summed E-state index contributed by atoms with van der Waals surface area (Å²) in [6, 6.07) is 9.70. The maximum atomic E-state index is 4.51. The molecule has 0 saturated heterocycles. The maximum Gasteiger partial charge on any atom is 0.146 e. The van der Waals surface area contributed by atoms with Crippen LogP contribution < -0.4 is 16.0 Å². The van der Waals surface area contributed by atoms with Crippen LogP contribution in [0.4, 0.5) is 5.82 Å². The third-order valence-corrected chi connectivity index (χ3v) is 2.89. The Morgan fingerprint density at radius 1 is 1.11 bits per heavy atom. The minimum atomic E-state index is 0.748. The first-order valence-electron chi connectivity index (χ1n) is 6.29. The Bertz CT molecular complexity index is 705. The maximum absolute atomic E-state index is 4.51. The second-order valence-electron chi connectivity index (χ2n) is 4.28. The van der Waals surface area contributed by atoms with Crippen LogP contribution in [0.2, 0.25) is 0 Å². The van der Waals surface area contributed by atoms with Gasteiger partial charge in [0.2, 0.25) is 0 Å². The van der Waals surface area contributed by atoms with Crippen molar-refractivity contribution in [3.8, 4) is 0 Å². The number of nitrogens with one attached hydrogen (secondary N) is 1. The quantitative estimate of drug-likeness (QED) is 0.659. The van der Waals surface area contributed by atoms with E-state index in [0.717, 1.165) is 29.7 Å².